The van der Waals surface area contributed by atoms with E-state index in [1.54, 1.807) is 0 Å². The van der Waals surface area contributed by atoms with Crippen molar-refractivity contribution >= 4 is 57.0 Å². The second-order valence-electron chi connectivity index (χ2n) is 14.3. The molecule has 4 nitrogen and oxygen atoms in total. The first kappa shape index (κ1) is 35.3. The van der Waals surface area contributed by atoms with Crippen molar-refractivity contribution in [3.05, 3.63) is 157 Å². The first-order chi connectivity index (χ1) is 24.8. The van der Waals surface area contributed by atoms with Crippen LogP contribution < -0.4 is 5.19 Å². The Bertz CT molecular complexity index is 2660. The summed E-state index contributed by atoms with van der Waals surface area (Å²) in [5.41, 5.74) is 9.19. The van der Waals surface area contributed by atoms with E-state index < -0.39 is 8.07 Å². The van der Waals surface area contributed by atoms with E-state index in [1.807, 2.05) is 48.5 Å². The van der Waals surface area contributed by atoms with Gasteiger partial charge in [0.25, 0.3) is 0 Å². The molecule has 0 N–H and O–H groups in total. The van der Waals surface area contributed by atoms with Crippen molar-refractivity contribution in [2.24, 2.45) is 0 Å². The van der Waals surface area contributed by atoms with Gasteiger partial charge in [-0.15, -0.1) is 54.1 Å². The fourth-order valence-corrected chi connectivity index (χ4v) is 8.65. The Kier molecular flexibility index (Phi) is 9.82. The van der Waals surface area contributed by atoms with Gasteiger partial charge in [-0.1, -0.05) is 123 Å². The Morgan fingerprint density at radius 3 is 2.23 bits per heavy atom. The topological polar surface area (TPSA) is 43.9 Å². The molecule has 0 unspecified atom stereocenters. The van der Waals surface area contributed by atoms with Gasteiger partial charge in [-0.3, -0.25) is 4.98 Å². The fourth-order valence-electron chi connectivity index (χ4n) is 6.97. The number of pyridine rings is 1. The minimum Gasteiger partial charge on any atom is -0.501 e. The van der Waals surface area contributed by atoms with Crippen LogP contribution in [0.25, 0.3) is 72.1 Å². The molecule has 0 bridgehead atoms. The summed E-state index contributed by atoms with van der Waals surface area (Å²) in [6, 6.07) is 52.3. The molecule has 0 amide bonds. The number of rotatable bonds is 5. The Morgan fingerprint density at radius 2 is 1.44 bits per heavy atom. The zero-order chi connectivity index (χ0) is 35.1. The van der Waals surface area contributed by atoms with E-state index in [9.17, 15) is 0 Å². The van der Waals surface area contributed by atoms with Crippen LogP contribution in [0.5, 0.6) is 0 Å². The monoisotopic (exact) mass is 870 g/mol. The van der Waals surface area contributed by atoms with Crippen LogP contribution in [0.4, 0.5) is 0 Å². The molecule has 6 aromatic carbocycles. The maximum absolute atomic E-state index is 6.33. The van der Waals surface area contributed by atoms with Crippen LogP contribution in [-0.2, 0) is 20.1 Å². The van der Waals surface area contributed by atoms with Gasteiger partial charge in [0.1, 0.15) is 5.58 Å². The van der Waals surface area contributed by atoms with Crippen LogP contribution in [0.2, 0.25) is 19.6 Å². The van der Waals surface area contributed by atoms with Crippen molar-refractivity contribution in [1.29, 1.82) is 0 Å². The Balaban J connectivity index is 0.000000182. The molecule has 0 aliphatic heterocycles. The van der Waals surface area contributed by atoms with Gasteiger partial charge < -0.3 is 14.0 Å². The second kappa shape index (κ2) is 14.5. The summed E-state index contributed by atoms with van der Waals surface area (Å²) in [5.74, 6) is 1.36. The normalized spacial score (nSPS) is 11.6. The maximum Gasteiger partial charge on any atom is 0.120 e. The van der Waals surface area contributed by atoms with Gasteiger partial charge in [0.2, 0.25) is 0 Å². The van der Waals surface area contributed by atoms with E-state index in [1.165, 1.54) is 21.5 Å². The van der Waals surface area contributed by atoms with E-state index >= 15 is 0 Å². The molecule has 3 heterocycles. The molecule has 6 heteroatoms. The summed E-state index contributed by atoms with van der Waals surface area (Å²) >= 11 is 0. The molecule has 0 aliphatic carbocycles. The van der Waals surface area contributed by atoms with E-state index in [2.05, 4.69) is 146 Å². The Hall–Kier alpha value is -5.13. The van der Waals surface area contributed by atoms with Crippen LogP contribution in [0, 0.1) is 12.1 Å². The van der Waals surface area contributed by atoms with Crippen molar-refractivity contribution < 1.29 is 24.5 Å². The number of fused-ring (bicyclic) bond motifs is 5. The molecule has 9 rings (SSSR count). The van der Waals surface area contributed by atoms with Crippen molar-refractivity contribution in [3.63, 3.8) is 0 Å². The second-order valence-corrected chi connectivity index (χ2v) is 19.3. The van der Waals surface area contributed by atoms with Gasteiger partial charge in [0, 0.05) is 42.8 Å². The predicted octanol–water partition coefficient (Wildman–Crippen LogP) is 11.8. The number of hydrogen-bond donors (Lipinski definition) is 0. The third-order valence-corrected chi connectivity index (χ3v) is 11.5. The number of aromatic nitrogens is 3. The van der Waals surface area contributed by atoms with E-state index in [0.29, 0.717) is 5.92 Å². The number of nitrogens with zero attached hydrogens (tertiary/aromatic N) is 3. The number of imidazole rings is 1. The van der Waals surface area contributed by atoms with Gasteiger partial charge in [-0.05, 0) is 46.5 Å². The summed E-state index contributed by atoms with van der Waals surface area (Å²) < 4.78 is 8.56. The molecule has 0 aliphatic rings. The van der Waals surface area contributed by atoms with Crippen LogP contribution in [0.3, 0.4) is 0 Å². The Morgan fingerprint density at radius 1 is 0.712 bits per heavy atom. The first-order valence-corrected chi connectivity index (χ1v) is 21.0. The summed E-state index contributed by atoms with van der Waals surface area (Å²) in [6.45, 7) is 11.7. The molecule has 0 fully saturated rings. The minimum absolute atomic E-state index is 0. The molecule has 0 saturated heterocycles. The van der Waals surface area contributed by atoms with E-state index in [-0.39, 0.29) is 20.1 Å². The summed E-state index contributed by atoms with van der Waals surface area (Å²) in [6.07, 6.45) is 2.09. The van der Waals surface area contributed by atoms with Gasteiger partial charge >= 0.3 is 0 Å². The standard InChI is InChI=1S/C29H17N2O.C17H22NSi.Ir/c1-2-11-20-19(9-1)10-7-17-25(20)31-26-16-5-4-15-24(26)30-29(31)23-14-8-13-22-21-12-3-6-18-27(21)32-28(22)23;1-13(2)15-11-16(14-9-7-6-8-10-14)18-12-17(15)19(3,4)5;/h1-13,15-18H;6-9,11-13H,1-5H3;/q2*-1;. The van der Waals surface area contributed by atoms with E-state index in [4.69, 9.17) is 9.40 Å². The third-order valence-electron chi connectivity index (χ3n) is 9.48. The molecule has 3 aromatic heterocycles. The van der Waals surface area contributed by atoms with Crippen molar-refractivity contribution in [3.8, 4) is 28.3 Å². The zero-order valence-corrected chi connectivity index (χ0v) is 33.3. The quantitative estimate of drug-likeness (QED) is 0.128. The molecule has 0 saturated carbocycles. The Labute approximate surface area is 319 Å². The van der Waals surface area contributed by atoms with Gasteiger partial charge in [0.15, 0.2) is 0 Å². The minimum atomic E-state index is -1.34. The van der Waals surface area contributed by atoms with Crippen molar-refractivity contribution in [1.82, 2.24) is 14.5 Å². The summed E-state index contributed by atoms with van der Waals surface area (Å²) in [7, 11) is -1.34. The van der Waals surface area contributed by atoms with E-state index in [0.717, 1.165) is 61.3 Å². The fraction of sp³-hybridized carbons (Fsp3) is 0.130. The van der Waals surface area contributed by atoms with Gasteiger partial charge in [-0.2, -0.15) is 0 Å². The number of furan rings is 1. The summed E-state index contributed by atoms with van der Waals surface area (Å²) in [4.78, 5) is 9.72. The van der Waals surface area contributed by atoms with Crippen LogP contribution >= 0.6 is 0 Å². The average Bonchev–Trinajstić information content (AvgIpc) is 3.73. The molecule has 1 radical (unpaired) electrons. The van der Waals surface area contributed by atoms with Crippen LogP contribution in [-0.4, -0.2) is 22.6 Å². The maximum atomic E-state index is 6.33. The molecular formula is C46H39IrN3OSi-2. The van der Waals surface area contributed by atoms with Crippen molar-refractivity contribution in [2.75, 3.05) is 0 Å². The molecule has 0 spiro atoms. The molecule has 9 aromatic rings. The molecule has 52 heavy (non-hydrogen) atoms. The van der Waals surface area contributed by atoms with Crippen molar-refractivity contribution in [2.45, 2.75) is 39.4 Å². The molecule has 0 atom stereocenters. The van der Waals surface area contributed by atoms with Crippen LogP contribution in [0.1, 0.15) is 25.3 Å². The zero-order valence-electron chi connectivity index (χ0n) is 29.9. The largest absolute Gasteiger partial charge is 0.501 e. The predicted molar refractivity (Wildman–Crippen MR) is 216 cm³/mol. The molecular weight excluding hydrogens is 831 g/mol. The smallest absolute Gasteiger partial charge is 0.120 e. The summed E-state index contributed by atoms with van der Waals surface area (Å²) in [5, 5.41) is 6.02. The number of hydrogen-bond acceptors (Lipinski definition) is 3. The third kappa shape index (κ3) is 6.54. The van der Waals surface area contributed by atoms with Gasteiger partial charge in [0.05, 0.1) is 30.5 Å². The SMILES string of the molecule is CC(C)c1cc(-c2[c-]cccc2)ncc1[Si](C)(C)C.[Ir].[c-]1ccc2c(oc3ccccc32)c1-c1nc2ccccc2n1-c1cccc2ccccc12. The number of benzene rings is 6. The first-order valence-electron chi connectivity index (χ1n) is 17.5. The molecule has 259 valence electrons. The number of para-hydroxylation sites is 3. The van der Waals surface area contributed by atoms with Crippen LogP contribution in [0.15, 0.2) is 144 Å². The average molecular weight is 870 g/mol. The van der Waals surface area contributed by atoms with Gasteiger partial charge in [-0.25, -0.2) is 0 Å².